The lowest BCUT2D eigenvalue weighted by Crippen LogP contribution is -2.00. The number of nitriles is 1. The summed E-state index contributed by atoms with van der Waals surface area (Å²) in [5.74, 6) is 1.92. The van der Waals surface area contributed by atoms with E-state index < -0.39 is 0 Å². The van der Waals surface area contributed by atoms with Crippen molar-refractivity contribution in [3.63, 3.8) is 0 Å². The van der Waals surface area contributed by atoms with Crippen LogP contribution in [0.15, 0.2) is 30.9 Å². The summed E-state index contributed by atoms with van der Waals surface area (Å²) in [6.07, 6.45) is 1.90. The van der Waals surface area contributed by atoms with Gasteiger partial charge in [-0.3, -0.25) is 0 Å². The number of hydrogen-bond acceptors (Lipinski definition) is 3. The quantitative estimate of drug-likeness (QED) is 0.516. The Bertz CT molecular complexity index is 661. The third-order valence-corrected chi connectivity index (χ3v) is 3.89. The number of aryl methyl sites for hydroxylation is 1. The van der Waals surface area contributed by atoms with Crippen molar-refractivity contribution in [2.75, 3.05) is 11.5 Å². The summed E-state index contributed by atoms with van der Waals surface area (Å²) in [7, 11) is 0. The van der Waals surface area contributed by atoms with Gasteiger partial charge in [0.2, 0.25) is 0 Å². The summed E-state index contributed by atoms with van der Waals surface area (Å²) in [6, 6.07) is 7.85. The highest BCUT2D eigenvalue weighted by Crippen LogP contribution is 2.18. The Balaban J connectivity index is 2.34. The summed E-state index contributed by atoms with van der Waals surface area (Å²) >= 11 is 7.12. The maximum atomic E-state index is 9.05. The number of aromatic nitrogens is 2. The lowest BCUT2D eigenvalue weighted by molar-refractivity contribution is 0.784. The molecule has 0 aliphatic rings. The number of nitrogens with one attached hydrogen (secondary N) is 1. The second kappa shape index (κ2) is 5.89. The van der Waals surface area contributed by atoms with Gasteiger partial charge in [0.05, 0.1) is 16.6 Å². The highest BCUT2D eigenvalue weighted by molar-refractivity contribution is 7.99. The molecule has 0 aliphatic heterocycles. The minimum atomic E-state index is 0.635. The summed E-state index contributed by atoms with van der Waals surface area (Å²) in [4.78, 5) is 3.11. The predicted octanol–water partition coefficient (Wildman–Crippen LogP) is 3.49. The number of aromatic amines is 1. The van der Waals surface area contributed by atoms with Crippen LogP contribution in [-0.4, -0.2) is 21.1 Å². The fourth-order valence-electron chi connectivity index (χ4n) is 1.82. The maximum Gasteiger partial charge on any atom is 0.178 e. The molecule has 0 radical (unpaired) electrons. The highest BCUT2D eigenvalue weighted by Gasteiger charge is 2.07. The largest absolute Gasteiger partial charge is 0.329 e. The van der Waals surface area contributed by atoms with Crippen LogP contribution in [0.4, 0.5) is 0 Å². The van der Waals surface area contributed by atoms with Gasteiger partial charge in [0.1, 0.15) is 6.07 Å². The Morgan fingerprint density at radius 3 is 3.11 bits per heavy atom. The van der Waals surface area contributed by atoms with Crippen molar-refractivity contribution in [3.05, 3.63) is 41.2 Å². The number of H-pyrrole nitrogens is 1. The lowest BCUT2D eigenvalue weighted by atomic mass is 10.2. The first-order valence-electron chi connectivity index (χ1n) is 5.58. The lowest BCUT2D eigenvalue weighted by Gasteiger charge is -2.03. The van der Waals surface area contributed by atoms with Crippen molar-refractivity contribution >= 4 is 35.0 Å². The van der Waals surface area contributed by atoms with Crippen molar-refractivity contribution in [2.24, 2.45) is 0 Å². The van der Waals surface area contributed by atoms with E-state index in [0.29, 0.717) is 10.3 Å². The first-order valence-corrected chi connectivity index (χ1v) is 7.14. The van der Waals surface area contributed by atoms with Crippen LogP contribution >= 0.6 is 24.0 Å². The summed E-state index contributed by atoms with van der Waals surface area (Å²) in [5.41, 5.74) is 2.47. The minimum absolute atomic E-state index is 0.635. The summed E-state index contributed by atoms with van der Waals surface area (Å²) < 4.78 is 2.72. The van der Waals surface area contributed by atoms with Gasteiger partial charge in [-0.05, 0) is 24.4 Å². The Kier molecular flexibility index (Phi) is 4.24. The van der Waals surface area contributed by atoms with Crippen LogP contribution in [0.1, 0.15) is 5.56 Å². The van der Waals surface area contributed by atoms with Crippen molar-refractivity contribution in [1.82, 2.24) is 9.55 Å². The van der Waals surface area contributed by atoms with Crippen LogP contribution in [-0.2, 0) is 6.54 Å². The monoisotopic (exact) mass is 275 g/mol. The molecule has 0 saturated carbocycles. The van der Waals surface area contributed by atoms with E-state index in [1.165, 1.54) is 0 Å². The van der Waals surface area contributed by atoms with Crippen molar-refractivity contribution in [3.8, 4) is 6.07 Å². The second-order valence-electron chi connectivity index (χ2n) is 3.76. The Morgan fingerprint density at radius 2 is 2.39 bits per heavy atom. The highest BCUT2D eigenvalue weighted by atomic mass is 32.2. The maximum absolute atomic E-state index is 9.05. The van der Waals surface area contributed by atoms with Crippen LogP contribution in [0, 0.1) is 16.1 Å². The molecule has 0 unspecified atom stereocenters. The first kappa shape index (κ1) is 12.9. The van der Waals surface area contributed by atoms with Gasteiger partial charge in [0.15, 0.2) is 4.77 Å². The van der Waals surface area contributed by atoms with E-state index in [0.717, 1.165) is 29.1 Å². The molecule has 2 rings (SSSR count). The zero-order chi connectivity index (χ0) is 13.0. The number of para-hydroxylation sites is 1. The first-order chi connectivity index (χ1) is 8.77. The zero-order valence-corrected chi connectivity index (χ0v) is 11.5. The molecule has 1 heterocycles. The second-order valence-corrected chi connectivity index (χ2v) is 5.29. The topological polar surface area (TPSA) is 44.5 Å². The van der Waals surface area contributed by atoms with E-state index >= 15 is 0 Å². The Labute approximate surface area is 115 Å². The molecule has 0 fully saturated rings. The molecular weight excluding hydrogens is 262 g/mol. The van der Waals surface area contributed by atoms with Crippen LogP contribution in [0.5, 0.6) is 0 Å². The zero-order valence-electron chi connectivity index (χ0n) is 9.85. The van der Waals surface area contributed by atoms with Gasteiger partial charge in [-0.15, -0.1) is 6.58 Å². The molecule has 1 aromatic carbocycles. The summed E-state index contributed by atoms with van der Waals surface area (Å²) in [6.45, 7) is 4.53. The number of imidazole rings is 1. The van der Waals surface area contributed by atoms with Crippen LogP contribution < -0.4 is 0 Å². The van der Waals surface area contributed by atoms with Crippen molar-refractivity contribution < 1.29 is 0 Å². The molecule has 18 heavy (non-hydrogen) atoms. The number of nitrogens with zero attached hydrogens (tertiary/aromatic N) is 2. The molecule has 5 heteroatoms. The van der Waals surface area contributed by atoms with Gasteiger partial charge in [-0.1, -0.05) is 12.1 Å². The summed E-state index contributed by atoms with van der Waals surface area (Å²) in [5, 5.41) is 9.05. The molecule has 0 saturated heterocycles. The molecule has 92 valence electrons. The Hall–Kier alpha value is -1.51. The average molecular weight is 275 g/mol. The van der Waals surface area contributed by atoms with Crippen LogP contribution in [0.3, 0.4) is 0 Å². The van der Waals surface area contributed by atoms with Gasteiger partial charge in [0, 0.05) is 18.1 Å². The fraction of sp³-hybridized carbons (Fsp3) is 0.231. The number of rotatable bonds is 5. The molecule has 1 N–H and O–H groups in total. The molecule has 3 nitrogen and oxygen atoms in total. The predicted molar refractivity (Wildman–Crippen MR) is 79.4 cm³/mol. The minimum Gasteiger partial charge on any atom is -0.329 e. The molecule has 0 aliphatic carbocycles. The Morgan fingerprint density at radius 1 is 1.56 bits per heavy atom. The third-order valence-electron chi connectivity index (χ3n) is 2.63. The molecule has 0 atom stereocenters. The van der Waals surface area contributed by atoms with E-state index in [2.05, 4.69) is 17.6 Å². The van der Waals surface area contributed by atoms with Crippen molar-refractivity contribution in [1.29, 1.82) is 5.26 Å². The number of fused-ring (bicyclic) bond motifs is 1. The molecule has 0 spiro atoms. The van der Waals surface area contributed by atoms with E-state index in [1.54, 1.807) is 6.07 Å². The molecule has 1 aromatic heterocycles. The van der Waals surface area contributed by atoms with E-state index in [9.17, 15) is 0 Å². The van der Waals surface area contributed by atoms with Crippen molar-refractivity contribution in [2.45, 2.75) is 6.54 Å². The fourth-order valence-corrected chi connectivity index (χ4v) is 2.75. The van der Waals surface area contributed by atoms with Gasteiger partial charge in [-0.25, -0.2) is 0 Å². The smallest absolute Gasteiger partial charge is 0.178 e. The van der Waals surface area contributed by atoms with Crippen LogP contribution in [0.25, 0.3) is 11.0 Å². The third kappa shape index (κ3) is 2.50. The van der Waals surface area contributed by atoms with Gasteiger partial charge < -0.3 is 9.55 Å². The SMILES string of the molecule is C=CCSCCn1c(=S)[nH]c2c(C#N)cccc21. The van der Waals surface area contributed by atoms with E-state index in [1.807, 2.05) is 34.5 Å². The van der Waals surface area contributed by atoms with Crippen LogP contribution in [0.2, 0.25) is 0 Å². The number of thioether (sulfide) groups is 1. The van der Waals surface area contributed by atoms with Gasteiger partial charge in [-0.2, -0.15) is 17.0 Å². The van der Waals surface area contributed by atoms with E-state index in [-0.39, 0.29) is 0 Å². The molecule has 0 amide bonds. The number of benzene rings is 1. The van der Waals surface area contributed by atoms with Gasteiger partial charge >= 0.3 is 0 Å². The molecular formula is C13H13N3S2. The standard InChI is InChI=1S/C13H13N3S2/c1-2-7-18-8-6-16-11-5-3-4-10(9-14)12(11)15-13(16)17/h2-5H,1,6-8H2,(H,15,17). The normalized spacial score (nSPS) is 10.4. The molecule has 2 aromatic rings. The van der Waals surface area contributed by atoms with Gasteiger partial charge in [0.25, 0.3) is 0 Å². The van der Waals surface area contributed by atoms with E-state index in [4.69, 9.17) is 17.5 Å². The average Bonchev–Trinajstić information content (AvgIpc) is 2.70. The number of hydrogen-bond donors (Lipinski definition) is 1. The molecule has 0 bridgehead atoms.